The molecule has 0 aromatic heterocycles. The molecule has 0 saturated carbocycles. The predicted molar refractivity (Wildman–Crippen MR) is 105 cm³/mol. The van der Waals surface area contributed by atoms with E-state index in [-0.39, 0.29) is 12.5 Å². The summed E-state index contributed by atoms with van der Waals surface area (Å²) >= 11 is 3.48. The largest absolute Gasteiger partial charge is 0.483 e. The number of nitrogens with one attached hydrogen (secondary N) is 1. The van der Waals surface area contributed by atoms with Crippen LogP contribution in [0.2, 0.25) is 0 Å². The van der Waals surface area contributed by atoms with Crippen LogP contribution in [0.15, 0.2) is 46.0 Å². The molecule has 1 N–H and O–H groups in total. The van der Waals surface area contributed by atoms with Crippen molar-refractivity contribution in [3.63, 3.8) is 0 Å². The molecule has 0 bridgehead atoms. The number of hydrogen-bond acceptors (Lipinski definition) is 3. The molecule has 0 radical (unpaired) electrons. The van der Waals surface area contributed by atoms with Crippen molar-refractivity contribution in [2.45, 2.75) is 33.6 Å². The standard InChI is InChI=1S/C20H23BrN2O2/c1-13(2)16-7-8-19(18(21)10-16)25-12-20(24)23-22-11-17-6-5-14(3)9-15(17)4/h5-11,13H,12H2,1-4H3,(H,23,24). The van der Waals surface area contributed by atoms with E-state index in [0.717, 1.165) is 15.6 Å². The van der Waals surface area contributed by atoms with Gasteiger partial charge < -0.3 is 4.74 Å². The van der Waals surface area contributed by atoms with Crippen molar-refractivity contribution in [2.24, 2.45) is 5.10 Å². The number of rotatable bonds is 6. The molecule has 0 aliphatic heterocycles. The number of halogens is 1. The van der Waals surface area contributed by atoms with Gasteiger partial charge in [-0.3, -0.25) is 4.79 Å². The van der Waals surface area contributed by atoms with Gasteiger partial charge in [0.05, 0.1) is 10.7 Å². The summed E-state index contributed by atoms with van der Waals surface area (Å²) in [6.45, 7) is 8.22. The summed E-state index contributed by atoms with van der Waals surface area (Å²) < 4.78 is 6.38. The lowest BCUT2D eigenvalue weighted by Gasteiger charge is -2.10. The number of aryl methyl sites for hydroxylation is 2. The number of carbonyl (C=O) groups excluding carboxylic acids is 1. The average Bonchev–Trinajstić information content (AvgIpc) is 2.55. The molecule has 132 valence electrons. The zero-order chi connectivity index (χ0) is 18.4. The molecule has 4 nitrogen and oxygen atoms in total. The van der Waals surface area contributed by atoms with Crippen molar-refractivity contribution >= 4 is 28.1 Å². The van der Waals surface area contributed by atoms with Crippen molar-refractivity contribution in [1.29, 1.82) is 0 Å². The summed E-state index contributed by atoms with van der Waals surface area (Å²) in [5.41, 5.74) is 6.97. The molecule has 0 aliphatic rings. The van der Waals surface area contributed by atoms with Gasteiger partial charge in [0.1, 0.15) is 5.75 Å². The maximum Gasteiger partial charge on any atom is 0.277 e. The van der Waals surface area contributed by atoms with E-state index < -0.39 is 0 Å². The van der Waals surface area contributed by atoms with Crippen molar-refractivity contribution in [1.82, 2.24) is 5.43 Å². The van der Waals surface area contributed by atoms with Crippen LogP contribution in [0.4, 0.5) is 0 Å². The molecular weight excluding hydrogens is 380 g/mol. The van der Waals surface area contributed by atoms with Gasteiger partial charge in [-0.1, -0.05) is 43.7 Å². The Labute approximate surface area is 157 Å². The van der Waals surface area contributed by atoms with Gasteiger partial charge in [0, 0.05) is 0 Å². The lowest BCUT2D eigenvalue weighted by molar-refractivity contribution is -0.123. The second kappa shape index (κ2) is 8.81. The van der Waals surface area contributed by atoms with Crippen molar-refractivity contribution < 1.29 is 9.53 Å². The van der Waals surface area contributed by atoms with Gasteiger partial charge in [0.2, 0.25) is 0 Å². The topological polar surface area (TPSA) is 50.7 Å². The van der Waals surface area contributed by atoms with E-state index in [1.165, 1.54) is 11.1 Å². The molecule has 1 amide bonds. The molecule has 2 aromatic carbocycles. The number of hydrazone groups is 1. The minimum Gasteiger partial charge on any atom is -0.483 e. The van der Waals surface area contributed by atoms with E-state index in [4.69, 9.17) is 4.74 Å². The molecule has 0 fully saturated rings. The number of carbonyl (C=O) groups is 1. The summed E-state index contributed by atoms with van der Waals surface area (Å²) in [5, 5.41) is 3.99. The van der Waals surface area contributed by atoms with E-state index in [9.17, 15) is 4.79 Å². The Balaban J connectivity index is 1.87. The number of hydrogen-bond donors (Lipinski definition) is 1. The zero-order valence-corrected chi connectivity index (χ0v) is 16.6. The van der Waals surface area contributed by atoms with E-state index in [1.54, 1.807) is 6.21 Å². The fourth-order valence-corrected chi connectivity index (χ4v) is 2.82. The monoisotopic (exact) mass is 402 g/mol. The van der Waals surface area contributed by atoms with Crippen LogP contribution in [-0.4, -0.2) is 18.7 Å². The minimum absolute atomic E-state index is 0.0934. The third-order valence-corrected chi connectivity index (χ3v) is 4.42. The Bertz CT molecular complexity index is 785. The second-order valence-electron chi connectivity index (χ2n) is 6.29. The van der Waals surface area contributed by atoms with Crippen LogP contribution in [0.5, 0.6) is 5.75 Å². The molecule has 0 heterocycles. The Morgan fingerprint density at radius 2 is 2.00 bits per heavy atom. The lowest BCUT2D eigenvalue weighted by atomic mass is 10.0. The van der Waals surface area contributed by atoms with Gasteiger partial charge in [-0.15, -0.1) is 0 Å². The first-order chi connectivity index (χ1) is 11.9. The predicted octanol–water partition coefficient (Wildman–Crippen LogP) is 4.72. The normalized spacial score (nSPS) is 11.1. The van der Waals surface area contributed by atoms with Crippen molar-refractivity contribution in [3.05, 3.63) is 63.1 Å². The number of benzene rings is 2. The third-order valence-electron chi connectivity index (χ3n) is 3.80. The molecule has 25 heavy (non-hydrogen) atoms. The maximum atomic E-state index is 11.9. The quantitative estimate of drug-likeness (QED) is 0.561. The van der Waals surface area contributed by atoms with Crippen LogP contribution in [0.3, 0.4) is 0 Å². The highest BCUT2D eigenvalue weighted by molar-refractivity contribution is 9.10. The number of amides is 1. The fraction of sp³-hybridized carbons (Fsp3) is 0.300. The Morgan fingerprint density at radius 3 is 2.64 bits per heavy atom. The van der Waals surface area contributed by atoms with Gasteiger partial charge in [-0.2, -0.15) is 5.10 Å². The number of nitrogens with zero attached hydrogens (tertiary/aromatic N) is 1. The maximum absolute atomic E-state index is 11.9. The van der Waals surface area contributed by atoms with Crippen LogP contribution in [0.25, 0.3) is 0 Å². The van der Waals surface area contributed by atoms with Crippen LogP contribution in [-0.2, 0) is 4.79 Å². The van der Waals surface area contributed by atoms with Gasteiger partial charge >= 0.3 is 0 Å². The van der Waals surface area contributed by atoms with E-state index in [2.05, 4.69) is 46.4 Å². The smallest absolute Gasteiger partial charge is 0.277 e. The molecule has 2 aromatic rings. The van der Waals surface area contributed by atoms with E-state index in [1.807, 2.05) is 44.2 Å². The molecule has 0 spiro atoms. The molecule has 0 saturated heterocycles. The van der Waals surface area contributed by atoms with Crippen LogP contribution < -0.4 is 10.2 Å². The molecular formula is C20H23BrN2O2. The van der Waals surface area contributed by atoms with Gasteiger partial charge in [-0.25, -0.2) is 5.43 Å². The summed E-state index contributed by atoms with van der Waals surface area (Å²) in [7, 11) is 0. The van der Waals surface area contributed by atoms with Crippen LogP contribution in [0, 0.1) is 13.8 Å². The Morgan fingerprint density at radius 1 is 1.24 bits per heavy atom. The highest BCUT2D eigenvalue weighted by atomic mass is 79.9. The first-order valence-corrected chi connectivity index (χ1v) is 8.97. The van der Waals surface area contributed by atoms with Gasteiger partial charge in [-0.05, 0) is 64.5 Å². The van der Waals surface area contributed by atoms with Gasteiger partial charge in [0.15, 0.2) is 6.61 Å². The lowest BCUT2D eigenvalue weighted by Crippen LogP contribution is -2.24. The second-order valence-corrected chi connectivity index (χ2v) is 7.14. The number of ether oxygens (including phenoxy) is 1. The van der Waals surface area contributed by atoms with Crippen LogP contribution in [0.1, 0.15) is 42.0 Å². The summed E-state index contributed by atoms with van der Waals surface area (Å²) in [5.74, 6) is 0.770. The highest BCUT2D eigenvalue weighted by Crippen LogP contribution is 2.28. The third kappa shape index (κ3) is 5.71. The van der Waals surface area contributed by atoms with Crippen molar-refractivity contribution in [3.8, 4) is 5.75 Å². The van der Waals surface area contributed by atoms with E-state index in [0.29, 0.717) is 11.7 Å². The summed E-state index contributed by atoms with van der Waals surface area (Å²) in [6, 6.07) is 11.9. The first kappa shape index (κ1) is 19.2. The molecule has 2 rings (SSSR count). The summed E-state index contributed by atoms with van der Waals surface area (Å²) in [6.07, 6.45) is 1.64. The van der Waals surface area contributed by atoms with Gasteiger partial charge in [0.25, 0.3) is 5.91 Å². The fourth-order valence-electron chi connectivity index (χ4n) is 2.31. The zero-order valence-electron chi connectivity index (χ0n) is 15.0. The van der Waals surface area contributed by atoms with Crippen molar-refractivity contribution in [2.75, 3.05) is 6.61 Å². The Hall–Kier alpha value is -2.14. The molecule has 5 heteroatoms. The molecule has 0 unspecified atom stereocenters. The minimum atomic E-state index is -0.305. The highest BCUT2D eigenvalue weighted by Gasteiger charge is 2.07. The Kier molecular flexibility index (Phi) is 6.76. The van der Waals surface area contributed by atoms with E-state index >= 15 is 0 Å². The SMILES string of the molecule is Cc1ccc(C=NNC(=O)COc2ccc(C(C)C)cc2Br)c(C)c1. The molecule has 0 aliphatic carbocycles. The molecule has 0 atom stereocenters. The first-order valence-electron chi connectivity index (χ1n) is 8.18. The van der Waals surface area contributed by atoms with Crippen LogP contribution >= 0.6 is 15.9 Å². The average molecular weight is 403 g/mol. The summed E-state index contributed by atoms with van der Waals surface area (Å²) in [4.78, 5) is 11.9.